The lowest BCUT2D eigenvalue weighted by Gasteiger charge is -2.31. The van der Waals surface area contributed by atoms with Gasteiger partial charge in [-0.15, -0.1) is 34.0 Å². The van der Waals surface area contributed by atoms with E-state index < -0.39 is 5.97 Å². The van der Waals surface area contributed by atoms with E-state index in [-0.39, 0.29) is 35.5 Å². The lowest BCUT2D eigenvalue weighted by Crippen LogP contribution is -2.42. The van der Waals surface area contributed by atoms with Crippen molar-refractivity contribution >= 4 is 85.8 Å². The second-order valence-electron chi connectivity index (χ2n) is 29.9. The number of ether oxygens (including phenoxy) is 6. The quantitative estimate of drug-likeness (QED) is 0.0975. The van der Waals surface area contributed by atoms with Crippen LogP contribution in [0.1, 0.15) is 120 Å². The average Bonchev–Trinajstić information content (AvgIpc) is 1.55. The van der Waals surface area contributed by atoms with E-state index in [4.69, 9.17) is 28.4 Å². The number of thiophene rings is 3. The lowest BCUT2D eigenvalue weighted by molar-refractivity contribution is -0.138. The first-order valence-corrected chi connectivity index (χ1v) is 42.0. The van der Waals surface area contributed by atoms with E-state index in [0.717, 1.165) is 216 Å². The van der Waals surface area contributed by atoms with Crippen molar-refractivity contribution in [3.8, 4) is 88.3 Å². The predicted molar refractivity (Wildman–Crippen MR) is 439 cm³/mol. The van der Waals surface area contributed by atoms with E-state index >= 15 is 0 Å². The monoisotopic (exact) mass is 1570 g/mol. The van der Waals surface area contributed by atoms with Crippen LogP contribution < -0.4 is 33.7 Å². The summed E-state index contributed by atoms with van der Waals surface area (Å²) in [7, 11) is 9.81. The molecule has 18 rings (SSSR count). The number of nitrogens with one attached hydrogen (secondary N) is 1. The van der Waals surface area contributed by atoms with Crippen LogP contribution in [0.4, 0.5) is 0 Å². The van der Waals surface area contributed by atoms with Gasteiger partial charge in [-0.25, -0.2) is 4.79 Å². The van der Waals surface area contributed by atoms with Crippen LogP contribution in [0, 0.1) is 17.8 Å². The standard InChI is InChI=1S/C29H33N3O4S.C29H31N3O4S.C19H17NO4S.C10H18N2O/c2*1-35-24-16-20-9-12-32-23(17-22(26-8-4-15-37-26)27(32)21(20)18-25(24)36-2)29(34)31-11-5-10-30(13-14-31)28(33)19-6-3-7-19;1-23-15-8-11-5-6-20-14(19(21)22)9-13(17-4-3-7-25-17)18(20)12(11)10-16(15)24-2;13-10(9-3-1-4-9)12-7-2-5-11-6-8-12/h4,8,15-19H,3,5-7,9-14H2,1-2H3;4,8-9,12,15-19H,3,5-7,10-11,13-14H2,1-2H3;3-4,7-10H,5-6H2,1-2H3,(H,21,22);9,11H,1-8H2. The number of aromatic carboxylic acids is 1. The molecule has 0 unspecified atom stereocenters. The molecule has 3 saturated heterocycles. The molecule has 5 amide bonds. The molecule has 25 heteroatoms. The number of benzene rings is 3. The lowest BCUT2D eigenvalue weighted by atomic mass is 9.84. The summed E-state index contributed by atoms with van der Waals surface area (Å²) in [6, 6.07) is 32.1. The Morgan fingerprint density at radius 2 is 0.795 bits per heavy atom. The Balaban J connectivity index is 0.000000125. The maximum atomic E-state index is 14.0. The molecule has 10 aromatic rings. The summed E-state index contributed by atoms with van der Waals surface area (Å²) in [4.78, 5) is 90.3. The van der Waals surface area contributed by atoms with Crippen LogP contribution in [0.25, 0.3) is 70.1 Å². The van der Waals surface area contributed by atoms with Gasteiger partial charge in [0.25, 0.3) is 11.8 Å². The summed E-state index contributed by atoms with van der Waals surface area (Å²) in [5.41, 5.74) is 12.1. The first-order valence-electron chi connectivity index (χ1n) is 39.4. The van der Waals surface area contributed by atoms with Crippen LogP contribution in [-0.2, 0) is 40.3 Å². The maximum Gasteiger partial charge on any atom is 0.352 e. The molecule has 3 aromatic carbocycles. The zero-order chi connectivity index (χ0) is 77.7. The Bertz CT molecular complexity index is 5080. The Labute approximate surface area is 665 Å². The van der Waals surface area contributed by atoms with Crippen molar-refractivity contribution in [1.29, 1.82) is 0 Å². The molecule has 6 fully saturated rings. The molecule has 3 aliphatic carbocycles. The van der Waals surface area contributed by atoms with Gasteiger partial charge in [0.15, 0.2) is 34.5 Å². The predicted octanol–water partition coefficient (Wildman–Crippen LogP) is 15.0. The molecule has 588 valence electrons. The molecule has 0 atom stereocenters. The highest BCUT2D eigenvalue weighted by atomic mass is 32.1. The highest BCUT2D eigenvalue weighted by molar-refractivity contribution is 7.14. The third kappa shape index (κ3) is 15.5. The minimum absolute atomic E-state index is 0.00410. The zero-order valence-corrected chi connectivity index (χ0v) is 67.2. The second kappa shape index (κ2) is 34.5. The van der Waals surface area contributed by atoms with Gasteiger partial charge in [-0.3, -0.25) is 24.0 Å². The van der Waals surface area contributed by atoms with Crippen LogP contribution in [-0.4, -0.2) is 200 Å². The number of aromatic nitrogens is 3. The van der Waals surface area contributed by atoms with Gasteiger partial charge in [0.05, 0.1) is 59.6 Å². The third-order valence-electron chi connectivity index (χ3n) is 23.6. The Hall–Kier alpha value is -10.1. The molecule has 5 aliphatic heterocycles. The molecule has 0 spiro atoms. The fourth-order valence-electron chi connectivity index (χ4n) is 16.8. The molecule has 2 N–H and O–H groups in total. The van der Waals surface area contributed by atoms with Gasteiger partial charge in [0.2, 0.25) is 17.7 Å². The van der Waals surface area contributed by atoms with Crippen molar-refractivity contribution in [2.24, 2.45) is 17.8 Å². The van der Waals surface area contributed by atoms with E-state index in [1.165, 1.54) is 12.0 Å². The topological polar surface area (TPSA) is 221 Å². The number of fused-ring (bicyclic) bond motifs is 9. The molecule has 12 heterocycles. The van der Waals surface area contributed by atoms with Gasteiger partial charge < -0.3 is 76.9 Å². The van der Waals surface area contributed by atoms with Crippen molar-refractivity contribution in [1.82, 2.24) is 43.4 Å². The number of rotatable bonds is 15. The van der Waals surface area contributed by atoms with Gasteiger partial charge in [-0.1, -0.05) is 37.5 Å². The molecule has 7 aromatic heterocycles. The number of methoxy groups -OCH3 is 6. The fraction of sp³-hybridized carbons (Fsp3) is 0.425. The third-order valence-corrected chi connectivity index (χ3v) is 26.3. The van der Waals surface area contributed by atoms with E-state index in [1.807, 2.05) is 112 Å². The molecule has 22 nitrogen and oxygen atoms in total. The van der Waals surface area contributed by atoms with Gasteiger partial charge in [0, 0.05) is 157 Å². The van der Waals surface area contributed by atoms with Crippen LogP contribution in [0.3, 0.4) is 0 Å². The number of carboxylic acid groups (broad SMARTS) is 1. The van der Waals surface area contributed by atoms with Crippen molar-refractivity contribution in [3.05, 3.63) is 148 Å². The van der Waals surface area contributed by atoms with Gasteiger partial charge in [0.1, 0.15) is 17.1 Å². The molecule has 8 aliphatic rings. The molecular formula is C87H99N9O13S3. The molecule has 0 radical (unpaired) electrons. The average molecular weight is 1580 g/mol. The zero-order valence-electron chi connectivity index (χ0n) is 64.7. The number of pyridine rings is 1. The number of hydrogen-bond donors (Lipinski definition) is 2. The number of aryl methyl sites for hydroxylation is 2. The summed E-state index contributed by atoms with van der Waals surface area (Å²) in [6.07, 6.45) is 16.1. The Kier molecular flexibility index (Phi) is 23.8. The number of carboxylic acids is 1. The number of carbonyl (C=O) groups is 6. The van der Waals surface area contributed by atoms with Crippen LogP contribution in [0.15, 0.2) is 119 Å². The number of nitrogens with zero attached hydrogens (tertiary/aromatic N) is 8. The largest absolute Gasteiger partial charge is 0.493 e. The smallest absolute Gasteiger partial charge is 0.352 e. The Morgan fingerprint density at radius 1 is 0.393 bits per heavy atom. The van der Waals surface area contributed by atoms with Crippen molar-refractivity contribution in [3.63, 3.8) is 0 Å². The summed E-state index contributed by atoms with van der Waals surface area (Å²) >= 11 is 4.94. The molecule has 3 saturated carbocycles. The summed E-state index contributed by atoms with van der Waals surface area (Å²) in [5, 5.41) is 21.1. The number of amides is 5. The van der Waals surface area contributed by atoms with E-state index in [2.05, 4.69) is 44.9 Å². The van der Waals surface area contributed by atoms with Crippen molar-refractivity contribution in [2.45, 2.75) is 103 Å². The first kappa shape index (κ1) is 77.2. The fourth-order valence-corrected chi connectivity index (χ4v) is 19.1. The minimum atomic E-state index is -0.909. The first-order chi connectivity index (χ1) is 54.7. The normalized spacial score (nSPS) is 16.9. The summed E-state index contributed by atoms with van der Waals surface area (Å²) in [6.45, 7) is 10.4. The van der Waals surface area contributed by atoms with Crippen LogP contribution in [0.2, 0.25) is 0 Å². The van der Waals surface area contributed by atoms with E-state index in [9.17, 15) is 33.9 Å². The number of hydrogen-bond acceptors (Lipinski definition) is 16. The Morgan fingerprint density at radius 3 is 1.25 bits per heavy atom. The molecule has 112 heavy (non-hydrogen) atoms. The second-order valence-corrected chi connectivity index (χ2v) is 32.7. The maximum absolute atomic E-state index is 14.0. The minimum Gasteiger partial charge on any atom is -0.493 e. The van der Waals surface area contributed by atoms with Gasteiger partial charge in [-0.05, 0) is 189 Å². The summed E-state index contributed by atoms with van der Waals surface area (Å²) in [5.74, 6) is 4.92. The SMILES string of the molecule is COc1cc2c(cc1OC)-c1c(-c3cccs3)cc(C(=O)N3CCCN(C(=O)C4CCC4)CC3)n1CC2.COc1cc2c(cc1OC)-c1c(-c3cccs3)cc(C(=O)O)n1CC2.COc1cc2ccn3c(C(=O)N4CCCN(C(=O)C5CCC5)CC4)cc(-c4cccs4)c3c2cc1OC.O=C(C1CCC1)N1CCCNCC1. The van der Waals surface area contributed by atoms with E-state index in [1.54, 1.807) is 82.7 Å². The number of carbonyl (C=O) groups excluding carboxylic acids is 5. The summed E-state index contributed by atoms with van der Waals surface area (Å²) < 4.78 is 39.3. The van der Waals surface area contributed by atoms with Gasteiger partial charge in [-0.2, -0.15) is 0 Å². The van der Waals surface area contributed by atoms with Crippen LogP contribution in [0.5, 0.6) is 34.5 Å². The highest BCUT2D eigenvalue weighted by Gasteiger charge is 2.37. The van der Waals surface area contributed by atoms with Gasteiger partial charge >= 0.3 is 5.97 Å². The van der Waals surface area contributed by atoms with Crippen LogP contribution >= 0.6 is 34.0 Å². The van der Waals surface area contributed by atoms with Crippen molar-refractivity contribution in [2.75, 3.05) is 121 Å². The highest BCUT2D eigenvalue weighted by Crippen LogP contribution is 2.48. The molecular weight excluding hydrogens is 1480 g/mol. The molecule has 0 bridgehead atoms. The van der Waals surface area contributed by atoms with E-state index in [0.29, 0.717) is 97.8 Å². The van der Waals surface area contributed by atoms with Crippen molar-refractivity contribution < 1.29 is 62.3 Å².